The lowest BCUT2D eigenvalue weighted by Gasteiger charge is -2.20. The van der Waals surface area contributed by atoms with E-state index in [1.807, 2.05) is 69.3 Å². The van der Waals surface area contributed by atoms with Gasteiger partial charge < -0.3 is 4.74 Å². The first-order valence-electron chi connectivity index (χ1n) is 9.42. The highest BCUT2D eigenvalue weighted by Crippen LogP contribution is 2.33. The standard InChI is InChI=1S/C24H24ClNO2/c1-4-28-21-8-5-18(6-9-21)23(22-10-7-20(25)13-16(22)2)15-24(27)19-11-12-26-17(3)14-19/h5-14,23H,4,15H2,1-3H3. The van der Waals surface area contributed by atoms with Crippen molar-refractivity contribution in [3.8, 4) is 5.75 Å². The van der Waals surface area contributed by atoms with Crippen molar-refractivity contribution in [3.63, 3.8) is 0 Å². The van der Waals surface area contributed by atoms with Crippen LogP contribution in [0.25, 0.3) is 0 Å². The number of aromatic nitrogens is 1. The molecule has 0 saturated heterocycles. The van der Waals surface area contributed by atoms with Crippen LogP contribution >= 0.6 is 11.6 Å². The van der Waals surface area contributed by atoms with Crippen LogP contribution in [-0.2, 0) is 0 Å². The Morgan fingerprint density at radius 1 is 1.07 bits per heavy atom. The highest BCUT2D eigenvalue weighted by Gasteiger charge is 2.21. The molecule has 0 saturated carbocycles. The molecular formula is C24H24ClNO2. The van der Waals surface area contributed by atoms with Crippen molar-refractivity contribution in [2.45, 2.75) is 33.1 Å². The number of rotatable bonds is 7. The third-order valence-electron chi connectivity index (χ3n) is 4.81. The fraction of sp³-hybridized carbons (Fsp3) is 0.250. The molecule has 0 aliphatic rings. The summed E-state index contributed by atoms with van der Waals surface area (Å²) in [7, 11) is 0. The van der Waals surface area contributed by atoms with E-state index in [0.29, 0.717) is 23.6 Å². The number of aryl methyl sites for hydroxylation is 2. The highest BCUT2D eigenvalue weighted by molar-refractivity contribution is 6.30. The summed E-state index contributed by atoms with van der Waals surface area (Å²) in [5.41, 5.74) is 4.78. The second-order valence-corrected chi connectivity index (χ2v) is 7.31. The Morgan fingerprint density at radius 3 is 2.46 bits per heavy atom. The maximum absolute atomic E-state index is 13.0. The monoisotopic (exact) mass is 393 g/mol. The molecule has 1 aromatic heterocycles. The minimum atomic E-state index is -0.0612. The zero-order chi connectivity index (χ0) is 20.1. The Morgan fingerprint density at radius 2 is 1.82 bits per heavy atom. The number of benzene rings is 2. The lowest BCUT2D eigenvalue weighted by atomic mass is 9.84. The van der Waals surface area contributed by atoms with Gasteiger partial charge in [-0.05, 0) is 73.9 Å². The molecular weight excluding hydrogens is 370 g/mol. The van der Waals surface area contributed by atoms with E-state index < -0.39 is 0 Å². The summed E-state index contributed by atoms with van der Waals surface area (Å²) < 4.78 is 5.56. The molecule has 0 radical (unpaired) electrons. The molecule has 0 aliphatic carbocycles. The fourth-order valence-corrected chi connectivity index (χ4v) is 3.65. The van der Waals surface area contributed by atoms with Crippen molar-refractivity contribution in [3.05, 3.63) is 93.8 Å². The fourth-order valence-electron chi connectivity index (χ4n) is 3.42. The number of ether oxygens (including phenoxy) is 1. The number of carbonyl (C=O) groups is 1. The molecule has 1 unspecified atom stereocenters. The molecule has 0 spiro atoms. The number of carbonyl (C=O) groups excluding carboxylic acids is 1. The Hall–Kier alpha value is -2.65. The average molecular weight is 394 g/mol. The zero-order valence-corrected chi connectivity index (χ0v) is 17.2. The molecule has 0 bridgehead atoms. The summed E-state index contributed by atoms with van der Waals surface area (Å²) in [6.07, 6.45) is 2.06. The van der Waals surface area contributed by atoms with Gasteiger partial charge in [-0.25, -0.2) is 0 Å². The lowest BCUT2D eigenvalue weighted by molar-refractivity contribution is 0.0977. The summed E-state index contributed by atoms with van der Waals surface area (Å²) in [4.78, 5) is 17.2. The van der Waals surface area contributed by atoms with Gasteiger partial charge in [-0.1, -0.05) is 29.8 Å². The van der Waals surface area contributed by atoms with Crippen molar-refractivity contribution >= 4 is 17.4 Å². The van der Waals surface area contributed by atoms with Crippen LogP contribution in [0, 0.1) is 13.8 Å². The number of Topliss-reactive ketones (excluding diaryl/α,β-unsaturated/α-hetero) is 1. The van der Waals surface area contributed by atoms with Gasteiger partial charge in [0.15, 0.2) is 5.78 Å². The zero-order valence-electron chi connectivity index (χ0n) is 16.4. The van der Waals surface area contributed by atoms with Crippen LogP contribution < -0.4 is 4.74 Å². The third kappa shape index (κ3) is 4.79. The van der Waals surface area contributed by atoms with Crippen LogP contribution in [0.15, 0.2) is 60.8 Å². The first-order valence-corrected chi connectivity index (χ1v) is 9.80. The van der Waals surface area contributed by atoms with E-state index in [-0.39, 0.29) is 11.7 Å². The van der Waals surface area contributed by atoms with Crippen LogP contribution in [0.4, 0.5) is 0 Å². The molecule has 1 atom stereocenters. The molecule has 2 aromatic carbocycles. The number of hydrogen-bond donors (Lipinski definition) is 0. The molecule has 3 aromatic rings. The number of pyridine rings is 1. The highest BCUT2D eigenvalue weighted by atomic mass is 35.5. The molecule has 144 valence electrons. The first-order chi connectivity index (χ1) is 13.5. The topological polar surface area (TPSA) is 39.2 Å². The summed E-state index contributed by atoms with van der Waals surface area (Å²) >= 11 is 6.15. The van der Waals surface area contributed by atoms with E-state index in [1.165, 1.54) is 0 Å². The van der Waals surface area contributed by atoms with E-state index in [1.54, 1.807) is 12.3 Å². The lowest BCUT2D eigenvalue weighted by Crippen LogP contribution is -2.11. The number of nitrogens with zero attached hydrogens (tertiary/aromatic N) is 1. The molecule has 3 rings (SSSR count). The van der Waals surface area contributed by atoms with Crippen LogP contribution in [0.5, 0.6) is 5.75 Å². The maximum atomic E-state index is 13.0. The molecule has 3 nitrogen and oxygen atoms in total. The van der Waals surface area contributed by atoms with Crippen molar-refractivity contribution < 1.29 is 9.53 Å². The quantitative estimate of drug-likeness (QED) is 0.451. The molecule has 0 N–H and O–H groups in total. The van der Waals surface area contributed by atoms with Gasteiger partial charge >= 0.3 is 0 Å². The van der Waals surface area contributed by atoms with E-state index in [4.69, 9.17) is 16.3 Å². The van der Waals surface area contributed by atoms with Crippen molar-refractivity contribution in [2.24, 2.45) is 0 Å². The normalized spacial score (nSPS) is 11.9. The van der Waals surface area contributed by atoms with Gasteiger partial charge in [0.25, 0.3) is 0 Å². The second kappa shape index (κ2) is 9.03. The predicted octanol–water partition coefficient (Wildman–Crippen LogP) is 6.16. The van der Waals surface area contributed by atoms with Gasteiger partial charge in [-0.15, -0.1) is 0 Å². The van der Waals surface area contributed by atoms with Gasteiger partial charge in [0.2, 0.25) is 0 Å². The van der Waals surface area contributed by atoms with Crippen molar-refractivity contribution in [1.82, 2.24) is 4.98 Å². The second-order valence-electron chi connectivity index (χ2n) is 6.87. The molecule has 28 heavy (non-hydrogen) atoms. The predicted molar refractivity (Wildman–Crippen MR) is 114 cm³/mol. The van der Waals surface area contributed by atoms with Crippen LogP contribution in [0.3, 0.4) is 0 Å². The maximum Gasteiger partial charge on any atom is 0.163 e. The summed E-state index contributed by atoms with van der Waals surface area (Å²) in [5, 5.41) is 0.697. The van der Waals surface area contributed by atoms with E-state index >= 15 is 0 Å². The summed E-state index contributed by atoms with van der Waals surface area (Å²) in [6.45, 7) is 6.51. The molecule has 0 aliphatic heterocycles. The smallest absolute Gasteiger partial charge is 0.163 e. The first kappa shape index (κ1) is 20.1. The van der Waals surface area contributed by atoms with E-state index in [9.17, 15) is 4.79 Å². The van der Waals surface area contributed by atoms with Gasteiger partial charge in [-0.3, -0.25) is 9.78 Å². The minimum Gasteiger partial charge on any atom is -0.494 e. The number of ketones is 1. The van der Waals surface area contributed by atoms with Gasteiger partial charge in [0, 0.05) is 34.8 Å². The Labute approximate surface area is 171 Å². The summed E-state index contributed by atoms with van der Waals surface area (Å²) in [6, 6.07) is 17.4. The number of hydrogen-bond acceptors (Lipinski definition) is 3. The van der Waals surface area contributed by atoms with E-state index in [0.717, 1.165) is 28.1 Å². The Kier molecular flexibility index (Phi) is 6.48. The molecule has 4 heteroatoms. The van der Waals surface area contributed by atoms with Gasteiger partial charge in [0.05, 0.1) is 6.61 Å². The summed E-state index contributed by atoms with van der Waals surface area (Å²) in [5.74, 6) is 0.863. The Bertz CT molecular complexity index is 967. The third-order valence-corrected chi connectivity index (χ3v) is 5.04. The van der Waals surface area contributed by atoms with Gasteiger partial charge in [-0.2, -0.15) is 0 Å². The molecule has 0 fully saturated rings. The van der Waals surface area contributed by atoms with E-state index in [2.05, 4.69) is 4.98 Å². The van der Waals surface area contributed by atoms with Crippen LogP contribution in [0.2, 0.25) is 5.02 Å². The molecule has 1 heterocycles. The average Bonchev–Trinajstić information content (AvgIpc) is 2.67. The number of halogens is 1. The van der Waals surface area contributed by atoms with Gasteiger partial charge in [0.1, 0.15) is 5.75 Å². The van der Waals surface area contributed by atoms with Crippen LogP contribution in [0.1, 0.15) is 52.0 Å². The molecule has 0 amide bonds. The van der Waals surface area contributed by atoms with Crippen molar-refractivity contribution in [2.75, 3.05) is 6.61 Å². The minimum absolute atomic E-state index is 0.0612. The van der Waals surface area contributed by atoms with Crippen LogP contribution in [-0.4, -0.2) is 17.4 Å². The Balaban J connectivity index is 1.97. The SMILES string of the molecule is CCOc1ccc(C(CC(=O)c2ccnc(C)c2)c2ccc(Cl)cc2C)cc1. The largest absolute Gasteiger partial charge is 0.494 e. The van der Waals surface area contributed by atoms with Crippen molar-refractivity contribution in [1.29, 1.82) is 0 Å².